The van der Waals surface area contributed by atoms with Gasteiger partial charge in [0.05, 0.1) is 24.9 Å². The van der Waals surface area contributed by atoms with Crippen LogP contribution in [-0.4, -0.2) is 23.0 Å². The molecule has 20 heavy (non-hydrogen) atoms. The van der Waals surface area contributed by atoms with Crippen molar-refractivity contribution in [3.63, 3.8) is 0 Å². The van der Waals surface area contributed by atoms with Gasteiger partial charge in [0.25, 0.3) is 0 Å². The molecule has 0 atom stereocenters. The van der Waals surface area contributed by atoms with Crippen LogP contribution in [0.1, 0.15) is 51.0 Å². The van der Waals surface area contributed by atoms with E-state index in [2.05, 4.69) is 5.10 Å². The van der Waals surface area contributed by atoms with E-state index < -0.39 is 11.9 Å². The van der Waals surface area contributed by atoms with E-state index in [-0.39, 0.29) is 16.9 Å². The number of nitrogens with zero attached hydrogens (tertiary/aromatic N) is 2. The van der Waals surface area contributed by atoms with Gasteiger partial charge in [0.15, 0.2) is 0 Å². The Hall–Kier alpha value is -1.04. The molecule has 1 spiro atoms. The monoisotopic (exact) mass is 288 g/mol. The van der Waals surface area contributed by atoms with Crippen LogP contribution in [0.2, 0.25) is 0 Å². The largest absolute Gasteiger partial charge is 0.433 e. The Bertz CT molecular complexity index is 516. The zero-order valence-electron chi connectivity index (χ0n) is 11.9. The number of rotatable bonds is 1. The summed E-state index contributed by atoms with van der Waals surface area (Å²) in [5, 5.41) is 4.25. The highest BCUT2D eigenvalue weighted by Crippen LogP contribution is 2.54. The third-order valence-corrected chi connectivity index (χ3v) is 4.29. The second kappa shape index (κ2) is 4.00. The minimum atomic E-state index is -4.35. The number of halogens is 3. The molecule has 0 aromatic carbocycles. The minimum Gasteiger partial charge on any atom is -0.380 e. The van der Waals surface area contributed by atoms with Gasteiger partial charge in [0.1, 0.15) is 5.69 Å². The van der Waals surface area contributed by atoms with Gasteiger partial charge in [-0.05, 0) is 18.9 Å². The first-order valence-corrected chi connectivity index (χ1v) is 6.86. The predicted octanol–water partition coefficient (Wildman–Crippen LogP) is 3.55. The van der Waals surface area contributed by atoms with Crippen molar-refractivity contribution in [3.05, 3.63) is 17.5 Å². The molecule has 3 rings (SSSR count). The molecule has 0 radical (unpaired) electrons. The number of aromatic nitrogens is 2. The fourth-order valence-corrected chi connectivity index (χ4v) is 2.99. The molecule has 1 saturated heterocycles. The van der Waals surface area contributed by atoms with E-state index in [0.29, 0.717) is 18.9 Å². The van der Waals surface area contributed by atoms with Crippen molar-refractivity contribution in [1.82, 2.24) is 9.78 Å². The van der Waals surface area contributed by atoms with Gasteiger partial charge in [-0.1, -0.05) is 20.8 Å². The molecule has 112 valence electrons. The molecule has 3 nitrogen and oxygen atoms in total. The van der Waals surface area contributed by atoms with Gasteiger partial charge >= 0.3 is 6.18 Å². The molecule has 2 aliphatic rings. The molecular weight excluding hydrogens is 269 g/mol. The molecule has 0 amide bonds. The van der Waals surface area contributed by atoms with Crippen LogP contribution in [0, 0.1) is 5.41 Å². The summed E-state index contributed by atoms with van der Waals surface area (Å²) in [6, 6.07) is 1.05. The maximum Gasteiger partial charge on any atom is 0.433 e. The Morgan fingerprint density at radius 2 is 1.85 bits per heavy atom. The average Bonchev–Trinajstić information content (AvgIpc) is 2.55. The van der Waals surface area contributed by atoms with Gasteiger partial charge in [0.2, 0.25) is 0 Å². The summed E-state index contributed by atoms with van der Waals surface area (Å²) in [7, 11) is 0. The molecule has 0 N–H and O–H groups in total. The summed E-state index contributed by atoms with van der Waals surface area (Å²) >= 11 is 0. The lowest BCUT2D eigenvalue weighted by molar-refractivity contribution is -0.182. The van der Waals surface area contributed by atoms with Crippen molar-refractivity contribution in [3.8, 4) is 0 Å². The van der Waals surface area contributed by atoms with E-state index in [1.165, 1.54) is 10.7 Å². The van der Waals surface area contributed by atoms with Crippen LogP contribution >= 0.6 is 0 Å². The normalized spacial score (nSPS) is 22.7. The van der Waals surface area contributed by atoms with E-state index >= 15 is 0 Å². The second-order valence-corrected chi connectivity index (χ2v) is 7.16. The number of ether oxygens (including phenoxy) is 1. The minimum absolute atomic E-state index is 0.126. The Kier molecular flexibility index (Phi) is 2.78. The third kappa shape index (κ3) is 2.14. The van der Waals surface area contributed by atoms with Crippen LogP contribution in [-0.2, 0) is 16.3 Å². The standard InChI is InChI=1S/C14H19F3N2O/c1-12(2,3)10-4-11(14(15,16)17)19(18-10)9-5-13(6-9)7-20-8-13/h4,9H,5-8H2,1-3H3. The molecule has 1 aromatic rings. The Morgan fingerprint density at radius 3 is 2.25 bits per heavy atom. The highest BCUT2D eigenvalue weighted by molar-refractivity contribution is 5.21. The molecule has 1 saturated carbocycles. The van der Waals surface area contributed by atoms with Gasteiger partial charge in [0, 0.05) is 10.8 Å². The number of alkyl halides is 3. The van der Waals surface area contributed by atoms with E-state index in [4.69, 9.17) is 4.74 Å². The van der Waals surface area contributed by atoms with E-state index in [0.717, 1.165) is 12.8 Å². The third-order valence-electron chi connectivity index (χ3n) is 4.29. The molecule has 1 aliphatic carbocycles. The molecule has 2 fully saturated rings. The summed E-state index contributed by atoms with van der Waals surface area (Å²) in [6.07, 6.45) is -2.88. The lowest BCUT2D eigenvalue weighted by Gasteiger charge is -2.53. The highest BCUT2D eigenvalue weighted by atomic mass is 19.4. The first-order chi connectivity index (χ1) is 9.11. The highest BCUT2D eigenvalue weighted by Gasteiger charge is 2.52. The van der Waals surface area contributed by atoms with Crippen molar-refractivity contribution >= 4 is 0 Å². The maximum absolute atomic E-state index is 13.2. The fraction of sp³-hybridized carbons (Fsp3) is 0.786. The van der Waals surface area contributed by atoms with Crippen LogP contribution in [0.3, 0.4) is 0 Å². The Balaban J connectivity index is 1.91. The number of hydrogen-bond donors (Lipinski definition) is 0. The zero-order chi connectivity index (χ0) is 14.8. The Morgan fingerprint density at radius 1 is 1.25 bits per heavy atom. The summed E-state index contributed by atoms with van der Waals surface area (Å²) in [4.78, 5) is 0. The Labute approximate surface area is 116 Å². The van der Waals surface area contributed by atoms with Crippen molar-refractivity contribution in [2.24, 2.45) is 5.41 Å². The first kappa shape index (κ1) is 13.9. The number of hydrogen-bond acceptors (Lipinski definition) is 2. The van der Waals surface area contributed by atoms with Crippen molar-refractivity contribution < 1.29 is 17.9 Å². The molecule has 1 aromatic heterocycles. The SMILES string of the molecule is CC(C)(C)c1cc(C(F)(F)F)n(C2CC3(COC3)C2)n1. The predicted molar refractivity (Wildman–Crippen MR) is 67.5 cm³/mol. The molecule has 2 heterocycles. The zero-order valence-corrected chi connectivity index (χ0v) is 11.9. The average molecular weight is 288 g/mol. The van der Waals surface area contributed by atoms with Crippen LogP contribution in [0.25, 0.3) is 0 Å². The van der Waals surface area contributed by atoms with E-state index in [1.807, 2.05) is 20.8 Å². The second-order valence-electron chi connectivity index (χ2n) is 7.16. The van der Waals surface area contributed by atoms with Crippen molar-refractivity contribution in [1.29, 1.82) is 0 Å². The van der Waals surface area contributed by atoms with Crippen LogP contribution < -0.4 is 0 Å². The summed E-state index contributed by atoms with van der Waals surface area (Å²) in [5.74, 6) is 0. The van der Waals surface area contributed by atoms with Gasteiger partial charge in [-0.15, -0.1) is 0 Å². The molecule has 0 unspecified atom stereocenters. The van der Waals surface area contributed by atoms with Crippen LogP contribution in [0.5, 0.6) is 0 Å². The van der Waals surface area contributed by atoms with E-state index in [1.54, 1.807) is 0 Å². The maximum atomic E-state index is 13.2. The van der Waals surface area contributed by atoms with Crippen molar-refractivity contribution in [2.75, 3.05) is 13.2 Å². The molecule has 6 heteroatoms. The summed E-state index contributed by atoms with van der Waals surface area (Å²) in [6.45, 7) is 6.99. The van der Waals surface area contributed by atoms with E-state index in [9.17, 15) is 13.2 Å². The fourth-order valence-electron chi connectivity index (χ4n) is 2.99. The lowest BCUT2D eigenvalue weighted by Crippen LogP contribution is -2.53. The van der Waals surface area contributed by atoms with Gasteiger partial charge in [-0.3, -0.25) is 4.68 Å². The first-order valence-electron chi connectivity index (χ1n) is 6.86. The summed E-state index contributed by atoms with van der Waals surface area (Å²) < 4.78 is 45.9. The molecule has 1 aliphatic heterocycles. The van der Waals surface area contributed by atoms with Gasteiger partial charge in [-0.2, -0.15) is 18.3 Å². The van der Waals surface area contributed by atoms with Crippen LogP contribution in [0.4, 0.5) is 13.2 Å². The molecule has 0 bridgehead atoms. The summed E-state index contributed by atoms with van der Waals surface area (Å²) in [5.41, 5.74) is -0.383. The van der Waals surface area contributed by atoms with Gasteiger partial charge < -0.3 is 4.74 Å². The van der Waals surface area contributed by atoms with Crippen LogP contribution in [0.15, 0.2) is 6.07 Å². The van der Waals surface area contributed by atoms with Crippen molar-refractivity contribution in [2.45, 2.75) is 51.2 Å². The van der Waals surface area contributed by atoms with Gasteiger partial charge in [-0.25, -0.2) is 0 Å². The lowest BCUT2D eigenvalue weighted by atomic mass is 9.64. The quantitative estimate of drug-likeness (QED) is 0.790. The molecular formula is C14H19F3N2O. The topological polar surface area (TPSA) is 27.1 Å². The smallest absolute Gasteiger partial charge is 0.380 e.